The molecule has 1 heterocycles. The van der Waals surface area contributed by atoms with Crippen molar-refractivity contribution >= 4 is 0 Å². The van der Waals surface area contributed by atoms with Crippen LogP contribution in [-0.4, -0.2) is 19.2 Å². The van der Waals surface area contributed by atoms with Crippen molar-refractivity contribution in [3.63, 3.8) is 0 Å². The van der Waals surface area contributed by atoms with E-state index < -0.39 is 0 Å². The summed E-state index contributed by atoms with van der Waals surface area (Å²) in [7, 11) is 3.13. The van der Waals surface area contributed by atoms with Gasteiger partial charge in [-0.15, -0.1) is 0 Å². The van der Waals surface area contributed by atoms with Gasteiger partial charge in [-0.05, 0) is 13.0 Å². The van der Waals surface area contributed by atoms with Gasteiger partial charge in [-0.3, -0.25) is 0 Å². The van der Waals surface area contributed by atoms with Crippen molar-refractivity contribution in [2.24, 2.45) is 5.73 Å². The number of aromatic nitrogens is 1. The summed E-state index contributed by atoms with van der Waals surface area (Å²) < 4.78 is 10.0. The minimum atomic E-state index is -0.0895. The lowest BCUT2D eigenvalue weighted by Crippen LogP contribution is -2.08. The summed E-state index contributed by atoms with van der Waals surface area (Å²) in [4.78, 5) is 4.11. The molecular formula is C9H14N2O2. The number of pyridine rings is 1. The Balaban J connectivity index is 3.08. The zero-order valence-electron chi connectivity index (χ0n) is 8.07. The van der Waals surface area contributed by atoms with E-state index in [-0.39, 0.29) is 6.04 Å². The van der Waals surface area contributed by atoms with Crippen LogP contribution in [0.15, 0.2) is 12.1 Å². The molecule has 0 saturated heterocycles. The van der Waals surface area contributed by atoms with E-state index in [1.807, 2.05) is 13.0 Å². The van der Waals surface area contributed by atoms with E-state index in [1.54, 1.807) is 20.3 Å². The van der Waals surface area contributed by atoms with Gasteiger partial charge in [-0.25, -0.2) is 0 Å². The highest BCUT2D eigenvalue weighted by molar-refractivity contribution is 5.32. The fourth-order valence-electron chi connectivity index (χ4n) is 1.06. The first-order valence-electron chi connectivity index (χ1n) is 4.03. The van der Waals surface area contributed by atoms with Crippen molar-refractivity contribution < 1.29 is 9.47 Å². The van der Waals surface area contributed by atoms with Gasteiger partial charge in [0.25, 0.3) is 0 Å². The first-order valence-corrected chi connectivity index (χ1v) is 4.03. The van der Waals surface area contributed by atoms with Gasteiger partial charge < -0.3 is 15.2 Å². The Labute approximate surface area is 77.7 Å². The quantitative estimate of drug-likeness (QED) is 0.761. The predicted octanol–water partition coefficient (Wildman–Crippen LogP) is 1.12. The van der Waals surface area contributed by atoms with Gasteiger partial charge in [0.2, 0.25) is 11.8 Å². The summed E-state index contributed by atoms with van der Waals surface area (Å²) in [5.41, 5.74) is 6.60. The van der Waals surface area contributed by atoms with E-state index in [1.165, 1.54) is 0 Å². The van der Waals surface area contributed by atoms with Gasteiger partial charge in [0.1, 0.15) is 0 Å². The molecule has 0 spiro atoms. The van der Waals surface area contributed by atoms with Crippen LogP contribution in [0.5, 0.6) is 11.8 Å². The number of ether oxygens (including phenoxy) is 2. The molecule has 1 rings (SSSR count). The molecule has 0 aromatic carbocycles. The molecule has 13 heavy (non-hydrogen) atoms. The zero-order chi connectivity index (χ0) is 9.84. The Morgan fingerprint density at radius 3 is 2.46 bits per heavy atom. The van der Waals surface area contributed by atoms with Crippen LogP contribution in [0.2, 0.25) is 0 Å². The molecule has 0 fully saturated rings. The second-order valence-electron chi connectivity index (χ2n) is 2.74. The van der Waals surface area contributed by atoms with E-state index in [9.17, 15) is 0 Å². The number of methoxy groups -OCH3 is 2. The highest BCUT2D eigenvalue weighted by Crippen LogP contribution is 2.23. The Kier molecular flexibility index (Phi) is 3.08. The van der Waals surface area contributed by atoms with Gasteiger partial charge in [0.15, 0.2) is 0 Å². The average molecular weight is 182 g/mol. The van der Waals surface area contributed by atoms with E-state index >= 15 is 0 Å². The number of nitrogens with zero attached hydrogens (tertiary/aromatic N) is 1. The Hall–Kier alpha value is -1.29. The van der Waals surface area contributed by atoms with Crippen molar-refractivity contribution in [1.29, 1.82) is 0 Å². The topological polar surface area (TPSA) is 57.4 Å². The highest BCUT2D eigenvalue weighted by atomic mass is 16.5. The molecule has 0 amide bonds. The summed E-state index contributed by atoms with van der Waals surface area (Å²) >= 11 is 0. The molecule has 1 aromatic heterocycles. The second-order valence-corrected chi connectivity index (χ2v) is 2.74. The number of hydrogen-bond donors (Lipinski definition) is 1. The summed E-state index contributed by atoms with van der Waals surface area (Å²) in [5, 5.41) is 0. The molecule has 2 N–H and O–H groups in total. The third-order valence-corrected chi connectivity index (χ3v) is 1.76. The van der Waals surface area contributed by atoms with Crippen LogP contribution in [0.3, 0.4) is 0 Å². The monoisotopic (exact) mass is 182 g/mol. The fraction of sp³-hybridized carbons (Fsp3) is 0.444. The molecule has 0 aliphatic heterocycles. The highest BCUT2D eigenvalue weighted by Gasteiger charge is 2.09. The maximum Gasteiger partial charge on any atom is 0.221 e. The van der Waals surface area contributed by atoms with Crippen LogP contribution < -0.4 is 15.2 Å². The van der Waals surface area contributed by atoms with Crippen molar-refractivity contribution in [3.8, 4) is 11.8 Å². The second kappa shape index (κ2) is 4.09. The molecule has 0 aliphatic rings. The molecule has 72 valence electrons. The molecule has 0 unspecified atom stereocenters. The van der Waals surface area contributed by atoms with Crippen molar-refractivity contribution in [2.45, 2.75) is 13.0 Å². The standard InChI is InChI=1S/C9H14N2O2/c1-6(10)7-4-5-8(12-2)11-9(7)13-3/h4-6H,10H2,1-3H3/t6-/m1/s1. The summed E-state index contributed by atoms with van der Waals surface area (Å²) in [6.45, 7) is 1.88. The number of hydrogen-bond acceptors (Lipinski definition) is 4. The first-order chi connectivity index (χ1) is 6.19. The molecule has 1 aromatic rings. The van der Waals surface area contributed by atoms with Crippen molar-refractivity contribution in [1.82, 2.24) is 4.98 Å². The third kappa shape index (κ3) is 2.09. The van der Waals surface area contributed by atoms with E-state index in [0.717, 1.165) is 5.56 Å². The SMILES string of the molecule is COc1ccc([C@@H](C)N)c(OC)n1. The maximum absolute atomic E-state index is 5.72. The maximum atomic E-state index is 5.72. The summed E-state index contributed by atoms with van der Waals surface area (Å²) in [6.07, 6.45) is 0. The number of nitrogens with two attached hydrogens (primary N) is 1. The van der Waals surface area contributed by atoms with Gasteiger partial charge in [-0.2, -0.15) is 4.98 Å². The van der Waals surface area contributed by atoms with Crippen LogP contribution >= 0.6 is 0 Å². The number of rotatable bonds is 3. The van der Waals surface area contributed by atoms with Gasteiger partial charge in [-0.1, -0.05) is 0 Å². The normalized spacial score (nSPS) is 12.3. The first kappa shape index (κ1) is 9.80. The van der Waals surface area contributed by atoms with E-state index in [4.69, 9.17) is 15.2 Å². The molecule has 0 bridgehead atoms. The Morgan fingerprint density at radius 2 is 2.00 bits per heavy atom. The van der Waals surface area contributed by atoms with Crippen molar-refractivity contribution in [2.75, 3.05) is 14.2 Å². The molecule has 1 atom stereocenters. The minimum Gasteiger partial charge on any atom is -0.481 e. The summed E-state index contributed by atoms with van der Waals surface area (Å²) in [5.74, 6) is 1.05. The van der Waals surface area contributed by atoms with Crippen molar-refractivity contribution in [3.05, 3.63) is 17.7 Å². The lowest BCUT2D eigenvalue weighted by Gasteiger charge is -2.11. The van der Waals surface area contributed by atoms with E-state index in [0.29, 0.717) is 11.8 Å². The molecule has 0 radical (unpaired) electrons. The molecule has 0 aliphatic carbocycles. The fourth-order valence-corrected chi connectivity index (χ4v) is 1.06. The van der Waals surface area contributed by atoms with Gasteiger partial charge in [0, 0.05) is 17.7 Å². The third-order valence-electron chi connectivity index (χ3n) is 1.76. The zero-order valence-corrected chi connectivity index (χ0v) is 8.07. The van der Waals surface area contributed by atoms with Gasteiger partial charge >= 0.3 is 0 Å². The molecule has 0 saturated carbocycles. The average Bonchev–Trinajstić information content (AvgIpc) is 2.16. The van der Waals surface area contributed by atoms with Crippen LogP contribution in [0.25, 0.3) is 0 Å². The lowest BCUT2D eigenvalue weighted by molar-refractivity contribution is 0.359. The van der Waals surface area contributed by atoms with Crippen LogP contribution in [0, 0.1) is 0 Å². The smallest absolute Gasteiger partial charge is 0.221 e. The van der Waals surface area contributed by atoms with Crippen LogP contribution in [-0.2, 0) is 0 Å². The minimum absolute atomic E-state index is 0.0895. The Bertz CT molecular complexity index is 287. The van der Waals surface area contributed by atoms with Crippen LogP contribution in [0.4, 0.5) is 0 Å². The largest absolute Gasteiger partial charge is 0.481 e. The van der Waals surface area contributed by atoms with Crippen LogP contribution in [0.1, 0.15) is 18.5 Å². The van der Waals surface area contributed by atoms with Gasteiger partial charge in [0.05, 0.1) is 14.2 Å². The van der Waals surface area contributed by atoms with E-state index in [2.05, 4.69) is 4.98 Å². The Morgan fingerprint density at radius 1 is 1.31 bits per heavy atom. The molecular weight excluding hydrogens is 168 g/mol. The molecule has 4 heteroatoms. The lowest BCUT2D eigenvalue weighted by atomic mass is 10.1. The summed E-state index contributed by atoms with van der Waals surface area (Å²) in [6, 6.07) is 3.53. The molecule has 4 nitrogen and oxygen atoms in total. The predicted molar refractivity (Wildman–Crippen MR) is 49.9 cm³/mol.